The predicted molar refractivity (Wildman–Crippen MR) is 65.5 cm³/mol. The molecule has 1 aromatic rings. The molecule has 0 N–H and O–H groups in total. The normalized spacial score (nSPS) is 14.9. The van der Waals surface area contributed by atoms with Crippen LogP contribution in [-0.2, 0) is 0 Å². The molecular formula is C14H14N. The zero-order valence-electron chi connectivity index (χ0n) is 8.63. The van der Waals surface area contributed by atoms with Crippen molar-refractivity contribution in [3.8, 4) is 0 Å². The number of hydrogen-bond acceptors (Lipinski definition) is 1. The summed E-state index contributed by atoms with van der Waals surface area (Å²) in [5, 5.41) is 0. The quantitative estimate of drug-likeness (QED) is 0.716. The number of nitrogens with zero attached hydrogens (tertiary/aromatic N) is 1. The van der Waals surface area contributed by atoms with E-state index in [1.54, 1.807) is 0 Å². The van der Waals surface area contributed by atoms with Crippen LogP contribution < -0.4 is 4.90 Å². The maximum atomic E-state index is 3.74. The molecule has 1 aromatic carbocycles. The predicted octanol–water partition coefficient (Wildman–Crippen LogP) is 3.34. The zero-order valence-corrected chi connectivity index (χ0v) is 8.63. The van der Waals surface area contributed by atoms with Crippen molar-refractivity contribution < 1.29 is 0 Å². The van der Waals surface area contributed by atoms with Crippen LogP contribution in [0.15, 0.2) is 66.9 Å². The van der Waals surface area contributed by atoms with Crippen molar-refractivity contribution in [1.29, 1.82) is 0 Å². The van der Waals surface area contributed by atoms with Gasteiger partial charge in [-0.1, -0.05) is 36.4 Å². The van der Waals surface area contributed by atoms with E-state index in [2.05, 4.69) is 54.0 Å². The van der Waals surface area contributed by atoms with E-state index in [1.807, 2.05) is 18.6 Å². The Hall–Kier alpha value is -1.76. The van der Waals surface area contributed by atoms with Crippen molar-refractivity contribution in [2.24, 2.45) is 0 Å². The van der Waals surface area contributed by atoms with Crippen LogP contribution in [0.25, 0.3) is 0 Å². The van der Waals surface area contributed by atoms with Gasteiger partial charge in [-0.05, 0) is 18.2 Å². The lowest BCUT2D eigenvalue weighted by atomic mass is 10.1. The van der Waals surface area contributed by atoms with Crippen LogP contribution in [0.2, 0.25) is 0 Å². The molecule has 1 heteroatoms. The Balaban J connectivity index is 2.25. The van der Waals surface area contributed by atoms with Gasteiger partial charge in [0.25, 0.3) is 0 Å². The van der Waals surface area contributed by atoms with Gasteiger partial charge in [0.15, 0.2) is 0 Å². The fraction of sp³-hybridized carbons (Fsp3) is 0.0714. The van der Waals surface area contributed by atoms with Crippen LogP contribution >= 0.6 is 0 Å². The zero-order chi connectivity index (χ0) is 10.5. The number of anilines is 1. The molecule has 2 rings (SSSR count). The van der Waals surface area contributed by atoms with Crippen molar-refractivity contribution in [2.45, 2.75) is 0 Å². The Morgan fingerprint density at radius 2 is 2.00 bits per heavy atom. The average molecular weight is 196 g/mol. The molecule has 1 aliphatic heterocycles. The summed E-state index contributed by atoms with van der Waals surface area (Å²) < 4.78 is 0. The smallest absolute Gasteiger partial charge is 0.0412 e. The maximum absolute atomic E-state index is 3.74. The van der Waals surface area contributed by atoms with E-state index < -0.39 is 0 Å². The number of rotatable bonds is 3. The second-order valence-electron chi connectivity index (χ2n) is 3.37. The number of para-hydroxylation sites is 1. The fourth-order valence-corrected chi connectivity index (χ4v) is 1.66. The van der Waals surface area contributed by atoms with Crippen molar-refractivity contribution in [2.75, 3.05) is 11.4 Å². The molecule has 0 aromatic heterocycles. The highest BCUT2D eigenvalue weighted by Gasteiger charge is 2.10. The van der Waals surface area contributed by atoms with Crippen molar-refractivity contribution in [3.63, 3.8) is 0 Å². The Labute approximate surface area is 91.0 Å². The standard InChI is InChI=1S/C14H14N/c1-2-8-13-11-6-7-12-15(13)14-9-4-3-5-10-14/h2-11H,1,12H2. The molecule has 75 valence electrons. The first-order valence-electron chi connectivity index (χ1n) is 5.07. The molecule has 15 heavy (non-hydrogen) atoms. The first kappa shape index (κ1) is 9.78. The maximum Gasteiger partial charge on any atom is 0.0412 e. The van der Waals surface area contributed by atoms with E-state index in [9.17, 15) is 0 Å². The lowest BCUT2D eigenvalue weighted by Gasteiger charge is -2.27. The summed E-state index contributed by atoms with van der Waals surface area (Å²) in [6.07, 6.45) is 10.2. The number of allylic oxidation sites excluding steroid dienone is 3. The molecule has 0 unspecified atom stereocenters. The van der Waals surface area contributed by atoms with E-state index in [4.69, 9.17) is 0 Å². The monoisotopic (exact) mass is 196 g/mol. The molecule has 0 bridgehead atoms. The minimum absolute atomic E-state index is 0.917. The Bertz CT molecular complexity index is 387. The minimum atomic E-state index is 0.917. The topological polar surface area (TPSA) is 3.24 Å². The molecule has 1 aliphatic rings. The van der Waals surface area contributed by atoms with Crippen LogP contribution in [0, 0.1) is 6.42 Å². The van der Waals surface area contributed by atoms with Crippen molar-refractivity contribution in [1.82, 2.24) is 0 Å². The molecule has 1 heterocycles. The molecule has 0 saturated heterocycles. The first-order chi connectivity index (χ1) is 7.42. The third-order valence-electron chi connectivity index (χ3n) is 2.36. The molecule has 0 amide bonds. The summed E-state index contributed by atoms with van der Waals surface area (Å²) in [7, 11) is 0. The molecule has 0 spiro atoms. The highest BCUT2D eigenvalue weighted by atomic mass is 15.1. The molecule has 0 atom stereocenters. The van der Waals surface area contributed by atoms with Gasteiger partial charge in [-0.15, -0.1) is 6.58 Å². The molecule has 0 aliphatic carbocycles. The molecule has 1 nitrogen and oxygen atoms in total. The second kappa shape index (κ2) is 4.65. The summed E-state index contributed by atoms with van der Waals surface area (Å²) in [5.74, 6) is 0. The van der Waals surface area contributed by atoms with Gasteiger partial charge in [0.1, 0.15) is 0 Å². The van der Waals surface area contributed by atoms with E-state index in [0.29, 0.717) is 0 Å². The van der Waals surface area contributed by atoms with E-state index >= 15 is 0 Å². The van der Waals surface area contributed by atoms with Gasteiger partial charge >= 0.3 is 0 Å². The molecular weight excluding hydrogens is 182 g/mol. The van der Waals surface area contributed by atoms with E-state index in [1.165, 1.54) is 11.4 Å². The van der Waals surface area contributed by atoms with Crippen LogP contribution in [0.1, 0.15) is 0 Å². The summed E-state index contributed by atoms with van der Waals surface area (Å²) in [6, 6.07) is 10.4. The van der Waals surface area contributed by atoms with E-state index in [-0.39, 0.29) is 0 Å². The van der Waals surface area contributed by atoms with Crippen molar-refractivity contribution in [3.05, 3.63) is 73.3 Å². The lowest BCUT2D eigenvalue weighted by molar-refractivity contribution is 1.01. The summed E-state index contributed by atoms with van der Waals surface area (Å²) >= 11 is 0. The Morgan fingerprint density at radius 3 is 2.73 bits per heavy atom. The second-order valence-corrected chi connectivity index (χ2v) is 3.37. The highest BCUT2D eigenvalue weighted by molar-refractivity contribution is 5.57. The summed E-state index contributed by atoms with van der Waals surface area (Å²) in [6.45, 7) is 4.65. The Morgan fingerprint density at radius 1 is 1.20 bits per heavy atom. The summed E-state index contributed by atoms with van der Waals surface area (Å²) in [4.78, 5) is 2.25. The molecule has 0 fully saturated rings. The van der Waals surface area contributed by atoms with Gasteiger partial charge in [-0.2, -0.15) is 0 Å². The summed E-state index contributed by atoms with van der Waals surface area (Å²) in [5.41, 5.74) is 2.39. The fourth-order valence-electron chi connectivity index (χ4n) is 1.66. The van der Waals surface area contributed by atoms with Crippen LogP contribution in [-0.4, -0.2) is 6.54 Å². The Kier molecular flexibility index (Phi) is 3.03. The number of hydrogen-bond donors (Lipinski definition) is 0. The van der Waals surface area contributed by atoms with Crippen LogP contribution in [0.4, 0.5) is 5.69 Å². The third kappa shape index (κ3) is 2.18. The molecule has 0 saturated carbocycles. The van der Waals surface area contributed by atoms with Crippen LogP contribution in [0.5, 0.6) is 0 Å². The average Bonchev–Trinajstić information content (AvgIpc) is 2.31. The minimum Gasteiger partial charge on any atom is -0.341 e. The number of benzene rings is 1. The lowest BCUT2D eigenvalue weighted by Crippen LogP contribution is -2.24. The van der Waals surface area contributed by atoms with E-state index in [0.717, 1.165) is 6.54 Å². The van der Waals surface area contributed by atoms with Gasteiger partial charge < -0.3 is 4.90 Å². The van der Waals surface area contributed by atoms with Gasteiger partial charge in [-0.3, -0.25) is 0 Å². The van der Waals surface area contributed by atoms with Gasteiger partial charge in [-0.25, -0.2) is 0 Å². The van der Waals surface area contributed by atoms with Gasteiger partial charge in [0, 0.05) is 24.4 Å². The van der Waals surface area contributed by atoms with Crippen LogP contribution in [0.3, 0.4) is 0 Å². The van der Waals surface area contributed by atoms with Gasteiger partial charge in [0.2, 0.25) is 0 Å². The highest BCUT2D eigenvalue weighted by Crippen LogP contribution is 2.22. The first-order valence-corrected chi connectivity index (χ1v) is 5.07. The van der Waals surface area contributed by atoms with Gasteiger partial charge in [0.05, 0.1) is 0 Å². The third-order valence-corrected chi connectivity index (χ3v) is 2.36. The van der Waals surface area contributed by atoms with Crippen molar-refractivity contribution >= 4 is 5.69 Å². The molecule has 1 radical (unpaired) electrons. The largest absolute Gasteiger partial charge is 0.341 e. The SMILES string of the molecule is C=C[CH]C1=CC=CCN1c1ccccc1.